The number of aromatic nitrogens is 2. The molecule has 2 atom stereocenters. The maximum absolute atomic E-state index is 4.47. The number of piperidine rings is 1. The van der Waals surface area contributed by atoms with E-state index in [4.69, 9.17) is 0 Å². The summed E-state index contributed by atoms with van der Waals surface area (Å²) >= 11 is 0. The summed E-state index contributed by atoms with van der Waals surface area (Å²) in [4.78, 5) is 11.2. The predicted molar refractivity (Wildman–Crippen MR) is 72.8 cm³/mol. The van der Waals surface area contributed by atoms with E-state index < -0.39 is 0 Å². The van der Waals surface area contributed by atoms with Crippen molar-refractivity contribution in [3.8, 4) is 0 Å². The van der Waals surface area contributed by atoms with Crippen molar-refractivity contribution in [1.29, 1.82) is 0 Å². The van der Waals surface area contributed by atoms with Gasteiger partial charge in [0.25, 0.3) is 0 Å². The van der Waals surface area contributed by atoms with E-state index in [2.05, 4.69) is 26.3 Å². The number of rotatable bonds is 2. The van der Waals surface area contributed by atoms with Crippen molar-refractivity contribution in [3.05, 3.63) is 18.1 Å². The Bertz CT molecular complexity index is 401. The molecule has 2 aliphatic heterocycles. The molecular weight excluding hydrogens is 224 g/mol. The van der Waals surface area contributed by atoms with Crippen molar-refractivity contribution >= 4 is 5.82 Å². The monoisotopic (exact) mass is 246 g/mol. The molecule has 4 heteroatoms. The van der Waals surface area contributed by atoms with Gasteiger partial charge < -0.3 is 10.2 Å². The maximum Gasteiger partial charge on any atom is 0.132 e. The van der Waals surface area contributed by atoms with Crippen LogP contribution in [0.2, 0.25) is 0 Å². The molecule has 0 radical (unpaired) electrons. The van der Waals surface area contributed by atoms with Gasteiger partial charge in [-0.3, -0.25) is 0 Å². The van der Waals surface area contributed by atoms with E-state index in [1.807, 2.05) is 6.92 Å². The first kappa shape index (κ1) is 11.9. The van der Waals surface area contributed by atoms with Crippen LogP contribution in [0.3, 0.4) is 0 Å². The molecule has 0 saturated carbocycles. The number of hydrogen-bond donors (Lipinski definition) is 1. The Hall–Kier alpha value is -1.16. The molecule has 0 aromatic carbocycles. The Kier molecular flexibility index (Phi) is 3.46. The smallest absolute Gasteiger partial charge is 0.132 e. The molecule has 2 unspecified atom stereocenters. The van der Waals surface area contributed by atoms with E-state index in [0.717, 1.165) is 18.1 Å². The van der Waals surface area contributed by atoms with E-state index >= 15 is 0 Å². The molecule has 0 amide bonds. The highest BCUT2D eigenvalue weighted by Crippen LogP contribution is 2.28. The third kappa shape index (κ3) is 2.34. The van der Waals surface area contributed by atoms with Gasteiger partial charge in [0, 0.05) is 30.4 Å². The van der Waals surface area contributed by atoms with E-state index in [1.54, 1.807) is 6.33 Å². The lowest BCUT2D eigenvalue weighted by atomic mass is 9.94. The zero-order valence-electron chi connectivity index (χ0n) is 11.1. The quantitative estimate of drug-likeness (QED) is 0.865. The predicted octanol–water partition coefficient (Wildman–Crippen LogP) is 1.90. The van der Waals surface area contributed by atoms with Gasteiger partial charge in [-0.15, -0.1) is 0 Å². The second-order valence-electron chi connectivity index (χ2n) is 5.48. The summed E-state index contributed by atoms with van der Waals surface area (Å²) in [6.45, 7) is 4.36. The highest BCUT2D eigenvalue weighted by molar-refractivity contribution is 5.41. The van der Waals surface area contributed by atoms with Crippen LogP contribution in [-0.2, 0) is 0 Å². The molecule has 2 fully saturated rings. The zero-order valence-corrected chi connectivity index (χ0v) is 11.1. The Morgan fingerprint density at radius 3 is 2.94 bits per heavy atom. The number of nitrogens with zero attached hydrogens (tertiary/aromatic N) is 3. The van der Waals surface area contributed by atoms with Crippen LogP contribution in [0.5, 0.6) is 0 Å². The Labute approximate surface area is 109 Å². The summed E-state index contributed by atoms with van der Waals surface area (Å²) in [6.07, 6.45) is 8.25. The van der Waals surface area contributed by atoms with Crippen LogP contribution in [0.25, 0.3) is 0 Å². The van der Waals surface area contributed by atoms with Crippen molar-refractivity contribution in [1.82, 2.24) is 15.3 Å². The van der Waals surface area contributed by atoms with Crippen molar-refractivity contribution in [2.75, 3.05) is 18.0 Å². The molecule has 1 aromatic rings. The van der Waals surface area contributed by atoms with Gasteiger partial charge >= 0.3 is 0 Å². The first-order chi connectivity index (χ1) is 8.84. The van der Waals surface area contributed by atoms with Crippen molar-refractivity contribution in [3.63, 3.8) is 0 Å². The van der Waals surface area contributed by atoms with Crippen LogP contribution in [0.4, 0.5) is 5.82 Å². The van der Waals surface area contributed by atoms with Crippen molar-refractivity contribution in [2.45, 2.75) is 51.1 Å². The van der Waals surface area contributed by atoms with Gasteiger partial charge in [-0.1, -0.05) is 0 Å². The summed E-state index contributed by atoms with van der Waals surface area (Å²) in [7, 11) is 0. The van der Waals surface area contributed by atoms with Gasteiger partial charge in [0.05, 0.1) is 0 Å². The molecule has 98 valence electrons. The second-order valence-corrected chi connectivity index (χ2v) is 5.48. The summed E-state index contributed by atoms with van der Waals surface area (Å²) in [5.41, 5.74) is 1.06. The lowest BCUT2D eigenvalue weighted by molar-refractivity contribution is 0.376. The number of anilines is 1. The van der Waals surface area contributed by atoms with Gasteiger partial charge in [-0.2, -0.15) is 0 Å². The van der Waals surface area contributed by atoms with Crippen LogP contribution in [-0.4, -0.2) is 35.1 Å². The highest BCUT2D eigenvalue weighted by atomic mass is 15.2. The Morgan fingerprint density at radius 1 is 1.22 bits per heavy atom. The largest absolute Gasteiger partial charge is 0.352 e. The summed E-state index contributed by atoms with van der Waals surface area (Å²) in [5, 5.41) is 3.66. The van der Waals surface area contributed by atoms with Crippen LogP contribution in [0.15, 0.2) is 12.4 Å². The molecule has 1 aromatic heterocycles. The second kappa shape index (κ2) is 5.22. The van der Waals surface area contributed by atoms with Gasteiger partial charge in [0.1, 0.15) is 12.1 Å². The normalized spacial score (nSPS) is 28.6. The molecule has 2 saturated heterocycles. The SMILES string of the molecule is Cc1cc(N2CCCCC2C2CCCN2)ncn1. The minimum Gasteiger partial charge on any atom is -0.352 e. The maximum atomic E-state index is 4.47. The summed E-state index contributed by atoms with van der Waals surface area (Å²) < 4.78 is 0. The third-order valence-electron chi connectivity index (χ3n) is 4.20. The van der Waals surface area contributed by atoms with E-state index in [0.29, 0.717) is 12.1 Å². The Morgan fingerprint density at radius 2 is 2.17 bits per heavy atom. The van der Waals surface area contributed by atoms with Crippen LogP contribution in [0, 0.1) is 6.92 Å². The molecular formula is C14H22N4. The number of aryl methyl sites for hydroxylation is 1. The first-order valence-electron chi connectivity index (χ1n) is 7.13. The number of nitrogens with one attached hydrogen (secondary N) is 1. The van der Waals surface area contributed by atoms with Gasteiger partial charge in [-0.05, 0) is 45.6 Å². The van der Waals surface area contributed by atoms with Gasteiger partial charge in [0.2, 0.25) is 0 Å². The van der Waals surface area contributed by atoms with E-state index in [1.165, 1.54) is 38.6 Å². The summed E-state index contributed by atoms with van der Waals surface area (Å²) in [6, 6.07) is 3.39. The van der Waals surface area contributed by atoms with Crippen molar-refractivity contribution < 1.29 is 0 Å². The molecule has 3 rings (SSSR count). The average molecular weight is 246 g/mol. The molecule has 0 spiro atoms. The van der Waals surface area contributed by atoms with Gasteiger partial charge in [-0.25, -0.2) is 9.97 Å². The highest BCUT2D eigenvalue weighted by Gasteiger charge is 2.32. The van der Waals surface area contributed by atoms with Crippen molar-refractivity contribution in [2.24, 2.45) is 0 Å². The Balaban J connectivity index is 1.82. The number of hydrogen-bond acceptors (Lipinski definition) is 4. The van der Waals surface area contributed by atoms with E-state index in [9.17, 15) is 0 Å². The molecule has 0 aliphatic carbocycles. The fourth-order valence-electron chi connectivity index (χ4n) is 3.30. The lowest BCUT2D eigenvalue weighted by Gasteiger charge is -2.40. The average Bonchev–Trinajstić information content (AvgIpc) is 2.92. The summed E-state index contributed by atoms with van der Waals surface area (Å²) in [5.74, 6) is 1.11. The first-order valence-corrected chi connectivity index (χ1v) is 7.13. The van der Waals surface area contributed by atoms with Crippen LogP contribution < -0.4 is 10.2 Å². The molecule has 1 N–H and O–H groups in total. The molecule has 4 nitrogen and oxygen atoms in total. The molecule has 3 heterocycles. The minimum absolute atomic E-state index is 0.621. The fourth-order valence-corrected chi connectivity index (χ4v) is 3.30. The molecule has 0 bridgehead atoms. The van der Waals surface area contributed by atoms with Gasteiger partial charge in [0.15, 0.2) is 0 Å². The molecule has 2 aliphatic rings. The van der Waals surface area contributed by atoms with Crippen LogP contribution >= 0.6 is 0 Å². The minimum atomic E-state index is 0.621. The topological polar surface area (TPSA) is 41.0 Å². The zero-order chi connectivity index (χ0) is 12.4. The van der Waals surface area contributed by atoms with Crippen LogP contribution in [0.1, 0.15) is 37.8 Å². The standard InChI is InChI=1S/C14H22N4/c1-11-9-14(17-10-16-11)18-8-3-2-6-13(18)12-5-4-7-15-12/h9-10,12-13,15H,2-8H2,1H3. The lowest BCUT2D eigenvalue weighted by Crippen LogP contribution is -2.50. The third-order valence-corrected chi connectivity index (χ3v) is 4.20. The fraction of sp³-hybridized carbons (Fsp3) is 0.714. The van der Waals surface area contributed by atoms with E-state index in [-0.39, 0.29) is 0 Å². The molecule has 18 heavy (non-hydrogen) atoms.